The molecule has 3 rings (SSSR count). The fraction of sp³-hybridized carbons (Fsp3) is 0.333. The van der Waals surface area contributed by atoms with Crippen molar-refractivity contribution in [3.63, 3.8) is 0 Å². The number of carbonyl (C=O) groups is 3. The van der Waals surface area contributed by atoms with Crippen LogP contribution in [0.2, 0.25) is 0 Å². The average Bonchev–Trinajstić information content (AvgIpc) is 2.80. The van der Waals surface area contributed by atoms with Gasteiger partial charge in [0.1, 0.15) is 0 Å². The van der Waals surface area contributed by atoms with E-state index in [2.05, 4.69) is 21.2 Å². The standard InChI is InChI=1S/C15H16N4O4/c1-3-23-13(21)15(2)9-6-8(4-5-10(9)17-12(15)20)11-7-16-14(22)19-18-11/h4-6H,3,7H2,1-2H3,(H,17,20)(H2,16,19,22). The lowest BCUT2D eigenvalue weighted by Crippen LogP contribution is -2.42. The number of anilines is 1. The van der Waals surface area contributed by atoms with Gasteiger partial charge in [0.2, 0.25) is 5.91 Å². The van der Waals surface area contributed by atoms with E-state index in [1.54, 1.807) is 32.0 Å². The first kappa shape index (κ1) is 15.0. The summed E-state index contributed by atoms with van der Waals surface area (Å²) >= 11 is 0. The highest BCUT2D eigenvalue weighted by Crippen LogP contribution is 2.39. The van der Waals surface area contributed by atoms with E-state index in [4.69, 9.17) is 4.74 Å². The molecule has 1 aromatic rings. The number of benzene rings is 1. The largest absolute Gasteiger partial charge is 0.465 e. The van der Waals surface area contributed by atoms with Gasteiger partial charge in [-0.1, -0.05) is 6.07 Å². The van der Waals surface area contributed by atoms with Gasteiger partial charge in [0.15, 0.2) is 5.41 Å². The monoisotopic (exact) mass is 316 g/mol. The van der Waals surface area contributed by atoms with Crippen LogP contribution in [0, 0.1) is 0 Å². The number of carbonyl (C=O) groups excluding carboxylic acids is 3. The zero-order valence-corrected chi connectivity index (χ0v) is 12.7. The highest BCUT2D eigenvalue weighted by molar-refractivity contribution is 6.19. The van der Waals surface area contributed by atoms with Crippen molar-refractivity contribution in [1.29, 1.82) is 0 Å². The lowest BCUT2D eigenvalue weighted by molar-refractivity contribution is -0.152. The Kier molecular flexibility index (Phi) is 3.51. The summed E-state index contributed by atoms with van der Waals surface area (Å²) in [5, 5.41) is 9.30. The molecule has 0 radical (unpaired) electrons. The molecule has 1 unspecified atom stereocenters. The summed E-state index contributed by atoms with van der Waals surface area (Å²) in [6, 6.07) is 4.84. The highest BCUT2D eigenvalue weighted by atomic mass is 16.5. The van der Waals surface area contributed by atoms with Crippen molar-refractivity contribution in [3.05, 3.63) is 29.3 Å². The Labute approximate surface area is 132 Å². The maximum absolute atomic E-state index is 12.3. The number of ether oxygens (including phenoxy) is 1. The van der Waals surface area contributed by atoms with Gasteiger partial charge >= 0.3 is 12.0 Å². The minimum Gasteiger partial charge on any atom is -0.465 e. The van der Waals surface area contributed by atoms with Gasteiger partial charge in [-0.25, -0.2) is 10.2 Å². The Morgan fingerprint density at radius 2 is 2.17 bits per heavy atom. The second-order valence-corrected chi connectivity index (χ2v) is 5.41. The zero-order chi connectivity index (χ0) is 16.6. The van der Waals surface area contributed by atoms with Gasteiger partial charge in [-0.2, -0.15) is 5.10 Å². The highest BCUT2D eigenvalue weighted by Gasteiger charge is 2.50. The van der Waals surface area contributed by atoms with Crippen LogP contribution in [0.4, 0.5) is 10.5 Å². The van der Waals surface area contributed by atoms with Crippen LogP contribution < -0.4 is 16.1 Å². The number of urea groups is 1. The van der Waals surface area contributed by atoms with Gasteiger partial charge in [-0.15, -0.1) is 0 Å². The van der Waals surface area contributed by atoms with E-state index in [0.717, 1.165) is 0 Å². The molecule has 0 fully saturated rings. The third-order valence-corrected chi connectivity index (χ3v) is 3.99. The van der Waals surface area contributed by atoms with E-state index >= 15 is 0 Å². The molecule has 1 aromatic carbocycles. The molecule has 2 heterocycles. The Hall–Kier alpha value is -2.90. The van der Waals surface area contributed by atoms with E-state index in [9.17, 15) is 14.4 Å². The van der Waals surface area contributed by atoms with Crippen LogP contribution in [0.5, 0.6) is 0 Å². The Morgan fingerprint density at radius 1 is 1.39 bits per heavy atom. The van der Waals surface area contributed by atoms with Crippen LogP contribution in [0.1, 0.15) is 25.0 Å². The molecule has 8 heteroatoms. The van der Waals surface area contributed by atoms with Crippen molar-refractivity contribution < 1.29 is 19.1 Å². The third-order valence-electron chi connectivity index (χ3n) is 3.99. The molecular formula is C15H16N4O4. The predicted octanol–water partition coefficient (Wildman–Crippen LogP) is 0.476. The second-order valence-electron chi connectivity index (χ2n) is 5.41. The van der Waals surface area contributed by atoms with E-state index < -0.39 is 17.3 Å². The molecule has 0 saturated heterocycles. The molecule has 0 aliphatic carbocycles. The maximum atomic E-state index is 12.3. The number of hydrazone groups is 1. The van der Waals surface area contributed by atoms with Gasteiger partial charge in [0.25, 0.3) is 0 Å². The zero-order valence-electron chi connectivity index (χ0n) is 12.7. The number of hydrogen-bond acceptors (Lipinski definition) is 5. The summed E-state index contributed by atoms with van der Waals surface area (Å²) in [6.45, 7) is 3.69. The Balaban J connectivity index is 2.02. The summed E-state index contributed by atoms with van der Waals surface area (Å²) in [5.41, 5.74) is 3.37. The summed E-state index contributed by atoms with van der Waals surface area (Å²) in [4.78, 5) is 35.7. The van der Waals surface area contributed by atoms with E-state index in [-0.39, 0.29) is 19.2 Å². The van der Waals surface area contributed by atoms with Gasteiger partial charge in [-0.3, -0.25) is 9.59 Å². The first-order valence-corrected chi connectivity index (χ1v) is 7.20. The van der Waals surface area contributed by atoms with E-state index in [1.807, 2.05) is 0 Å². The summed E-state index contributed by atoms with van der Waals surface area (Å²) in [6.07, 6.45) is 0. The van der Waals surface area contributed by atoms with Crippen LogP contribution in [-0.2, 0) is 19.7 Å². The van der Waals surface area contributed by atoms with Crippen molar-refractivity contribution in [3.8, 4) is 0 Å². The number of hydrogen-bond donors (Lipinski definition) is 3. The topological polar surface area (TPSA) is 109 Å². The Bertz CT molecular complexity index is 743. The summed E-state index contributed by atoms with van der Waals surface area (Å²) in [5.74, 6) is -1.01. The lowest BCUT2D eigenvalue weighted by Gasteiger charge is -2.21. The van der Waals surface area contributed by atoms with Crippen molar-refractivity contribution >= 4 is 29.3 Å². The summed E-state index contributed by atoms with van der Waals surface area (Å²) < 4.78 is 5.06. The number of nitrogens with one attached hydrogen (secondary N) is 3. The molecule has 3 N–H and O–H groups in total. The second kappa shape index (κ2) is 5.38. The molecule has 23 heavy (non-hydrogen) atoms. The molecule has 0 spiro atoms. The molecule has 2 aliphatic rings. The van der Waals surface area contributed by atoms with Crippen LogP contribution in [0.3, 0.4) is 0 Å². The molecular weight excluding hydrogens is 300 g/mol. The molecule has 0 saturated carbocycles. The third kappa shape index (κ3) is 2.32. The SMILES string of the molecule is CCOC(=O)C1(C)C(=O)Nc2ccc(C3=NNC(=O)NC3)cc21. The van der Waals surface area contributed by atoms with Gasteiger partial charge < -0.3 is 15.4 Å². The minimum atomic E-state index is -1.40. The van der Waals surface area contributed by atoms with Crippen molar-refractivity contribution in [1.82, 2.24) is 10.7 Å². The number of amides is 3. The average molecular weight is 316 g/mol. The van der Waals surface area contributed by atoms with Gasteiger partial charge in [-0.05, 0) is 26.0 Å². The number of esters is 1. The number of nitrogens with zero attached hydrogens (tertiary/aromatic N) is 1. The lowest BCUT2D eigenvalue weighted by atomic mass is 9.82. The predicted molar refractivity (Wildman–Crippen MR) is 82.1 cm³/mol. The molecule has 3 amide bonds. The number of rotatable bonds is 3. The fourth-order valence-electron chi connectivity index (χ4n) is 2.62. The van der Waals surface area contributed by atoms with Crippen LogP contribution in [-0.4, -0.2) is 36.8 Å². The quantitative estimate of drug-likeness (QED) is 0.556. The minimum absolute atomic E-state index is 0.194. The molecule has 8 nitrogen and oxygen atoms in total. The van der Waals surface area contributed by atoms with Gasteiger partial charge in [0, 0.05) is 16.8 Å². The molecule has 0 bridgehead atoms. The van der Waals surface area contributed by atoms with Crippen molar-refractivity contribution in [2.24, 2.45) is 5.10 Å². The van der Waals surface area contributed by atoms with Gasteiger partial charge in [0.05, 0.1) is 18.9 Å². The van der Waals surface area contributed by atoms with Crippen molar-refractivity contribution in [2.75, 3.05) is 18.5 Å². The maximum Gasteiger partial charge on any atom is 0.335 e. The van der Waals surface area contributed by atoms with Crippen LogP contribution in [0.25, 0.3) is 0 Å². The van der Waals surface area contributed by atoms with E-state index in [0.29, 0.717) is 22.5 Å². The molecule has 1 atom stereocenters. The van der Waals surface area contributed by atoms with Crippen molar-refractivity contribution in [2.45, 2.75) is 19.3 Å². The molecule has 0 aromatic heterocycles. The van der Waals surface area contributed by atoms with Crippen LogP contribution >= 0.6 is 0 Å². The fourth-order valence-corrected chi connectivity index (χ4v) is 2.62. The molecule has 2 aliphatic heterocycles. The van der Waals surface area contributed by atoms with E-state index in [1.165, 1.54) is 0 Å². The first-order valence-electron chi connectivity index (χ1n) is 7.20. The van der Waals surface area contributed by atoms with Crippen LogP contribution in [0.15, 0.2) is 23.3 Å². The smallest absolute Gasteiger partial charge is 0.335 e. The molecule has 120 valence electrons. The number of fused-ring (bicyclic) bond motifs is 1. The normalized spacial score (nSPS) is 22.4. The Morgan fingerprint density at radius 3 is 2.83 bits per heavy atom. The first-order chi connectivity index (χ1) is 11.0. The summed E-state index contributed by atoms with van der Waals surface area (Å²) in [7, 11) is 0.